The highest BCUT2D eigenvalue weighted by Gasteiger charge is 2.45. The van der Waals surface area contributed by atoms with E-state index in [1.807, 2.05) is 19.9 Å². The fourth-order valence-electron chi connectivity index (χ4n) is 2.83. The Hall–Kier alpha value is -1.14. The Morgan fingerprint density at radius 3 is 2.80 bits per heavy atom. The Balaban J connectivity index is 2.43. The van der Waals surface area contributed by atoms with Gasteiger partial charge in [0.25, 0.3) is 0 Å². The van der Waals surface area contributed by atoms with E-state index in [0.717, 1.165) is 25.9 Å². The molecule has 2 rings (SSSR count). The van der Waals surface area contributed by atoms with E-state index in [2.05, 4.69) is 10.2 Å². The summed E-state index contributed by atoms with van der Waals surface area (Å²) in [7, 11) is 0. The van der Waals surface area contributed by atoms with Crippen molar-refractivity contribution in [3.8, 4) is 0 Å². The molecule has 0 aromatic rings. The number of Topliss-reactive ketones (excluding diaryl/α,β-unsaturated/α-hetero) is 1. The number of ketones is 1. The lowest BCUT2D eigenvalue weighted by molar-refractivity contribution is -0.125. The third kappa shape index (κ3) is 1.59. The number of nitrogens with zero attached hydrogens (tertiary/aromatic N) is 1. The van der Waals surface area contributed by atoms with Crippen LogP contribution in [0.1, 0.15) is 26.7 Å². The first-order valence-electron chi connectivity index (χ1n) is 5.35. The topological polar surface area (TPSA) is 33.5 Å². The smallest absolute Gasteiger partial charge is 0.226 e. The maximum Gasteiger partial charge on any atom is 0.226 e. The van der Waals surface area contributed by atoms with Gasteiger partial charge in [-0.15, -0.1) is 0 Å². The van der Waals surface area contributed by atoms with Gasteiger partial charge in [0.05, 0.1) is 6.57 Å². The number of hydrogen-bond donors (Lipinski definition) is 1. The molecule has 0 aromatic heterocycles. The van der Waals surface area contributed by atoms with E-state index in [-0.39, 0.29) is 16.6 Å². The molecule has 1 fully saturated rings. The van der Waals surface area contributed by atoms with Crippen molar-refractivity contribution in [2.75, 3.05) is 13.1 Å². The molecule has 0 saturated carbocycles. The Kier molecular flexibility index (Phi) is 2.20. The molecule has 1 heterocycles. The van der Waals surface area contributed by atoms with Gasteiger partial charge in [-0.25, -0.2) is 4.85 Å². The molecule has 1 saturated heterocycles. The highest BCUT2D eigenvalue weighted by Crippen LogP contribution is 2.46. The van der Waals surface area contributed by atoms with E-state index in [9.17, 15) is 4.79 Å². The van der Waals surface area contributed by atoms with Crippen molar-refractivity contribution >= 4 is 5.78 Å². The summed E-state index contributed by atoms with van der Waals surface area (Å²) < 4.78 is 0. The maximum atomic E-state index is 11.9. The zero-order chi connectivity index (χ0) is 11.1. The van der Waals surface area contributed by atoms with Gasteiger partial charge in [0, 0.05) is 12.0 Å². The molecule has 1 atom stereocenters. The van der Waals surface area contributed by atoms with Crippen molar-refractivity contribution < 1.29 is 4.79 Å². The minimum absolute atomic E-state index is 0.00928. The molecule has 15 heavy (non-hydrogen) atoms. The van der Waals surface area contributed by atoms with Crippen LogP contribution in [0.15, 0.2) is 11.8 Å². The van der Waals surface area contributed by atoms with Crippen LogP contribution in [0.2, 0.25) is 0 Å². The minimum atomic E-state index is -0.374. The lowest BCUT2D eigenvalue weighted by Crippen LogP contribution is -2.39. The Morgan fingerprint density at radius 2 is 2.27 bits per heavy atom. The second kappa shape index (κ2) is 3.18. The van der Waals surface area contributed by atoms with Crippen LogP contribution in [0.5, 0.6) is 0 Å². The molecule has 1 N–H and O–H groups in total. The molecule has 0 radical (unpaired) electrons. The highest BCUT2D eigenvalue weighted by atomic mass is 16.1. The second-order valence-electron chi connectivity index (χ2n) is 5.32. The molecule has 0 amide bonds. The van der Waals surface area contributed by atoms with Gasteiger partial charge >= 0.3 is 0 Å². The van der Waals surface area contributed by atoms with E-state index in [1.54, 1.807) is 0 Å². The molecule has 3 nitrogen and oxygen atoms in total. The van der Waals surface area contributed by atoms with Crippen molar-refractivity contribution in [2.24, 2.45) is 10.8 Å². The van der Waals surface area contributed by atoms with Crippen LogP contribution in [-0.4, -0.2) is 18.9 Å². The lowest BCUT2D eigenvalue weighted by atomic mass is 9.65. The largest absolute Gasteiger partial charge is 0.316 e. The first kappa shape index (κ1) is 10.4. The van der Waals surface area contributed by atoms with Gasteiger partial charge in [-0.1, -0.05) is 19.9 Å². The van der Waals surface area contributed by atoms with E-state index in [1.165, 1.54) is 0 Å². The number of allylic oxidation sites excluding steroid dienone is 1. The molecule has 3 heteroatoms. The molecule has 80 valence electrons. The number of nitrogens with one attached hydrogen (secondary N) is 1. The van der Waals surface area contributed by atoms with Crippen LogP contribution in [0.25, 0.3) is 4.85 Å². The zero-order valence-corrected chi connectivity index (χ0v) is 9.26. The highest BCUT2D eigenvalue weighted by molar-refractivity contribution is 6.02. The van der Waals surface area contributed by atoms with E-state index >= 15 is 0 Å². The van der Waals surface area contributed by atoms with Crippen LogP contribution in [0.4, 0.5) is 0 Å². The minimum Gasteiger partial charge on any atom is -0.316 e. The van der Waals surface area contributed by atoms with Gasteiger partial charge in [-0.2, -0.15) is 0 Å². The predicted molar refractivity (Wildman–Crippen MR) is 58.0 cm³/mol. The van der Waals surface area contributed by atoms with E-state index in [0.29, 0.717) is 5.70 Å². The van der Waals surface area contributed by atoms with E-state index < -0.39 is 0 Å². The maximum absolute atomic E-state index is 11.9. The number of carbonyl (C=O) groups is 1. The van der Waals surface area contributed by atoms with Crippen molar-refractivity contribution in [2.45, 2.75) is 26.7 Å². The first-order chi connectivity index (χ1) is 6.99. The monoisotopic (exact) mass is 204 g/mol. The van der Waals surface area contributed by atoms with Gasteiger partial charge < -0.3 is 10.1 Å². The first-order valence-corrected chi connectivity index (χ1v) is 5.35. The van der Waals surface area contributed by atoms with Gasteiger partial charge in [0.1, 0.15) is 0 Å². The molecule has 1 unspecified atom stereocenters. The summed E-state index contributed by atoms with van der Waals surface area (Å²) in [6, 6.07) is 0. The summed E-state index contributed by atoms with van der Waals surface area (Å²) in [5, 5.41) is 3.32. The summed E-state index contributed by atoms with van der Waals surface area (Å²) in [5.41, 5.74) is 0.0211. The summed E-state index contributed by atoms with van der Waals surface area (Å²) in [6.07, 6.45) is 3.82. The number of hydrogen-bond acceptors (Lipinski definition) is 2. The standard InChI is InChI=1S/C12H16N2O/c1-11(2)7-12(4-5-14-8-12)6-9(13-3)10(11)15/h6,14H,4-5,7-8H2,1-2H3. The van der Waals surface area contributed by atoms with Crippen LogP contribution in [0.3, 0.4) is 0 Å². The Morgan fingerprint density at radius 1 is 1.53 bits per heavy atom. The quantitative estimate of drug-likeness (QED) is 0.610. The molecule has 0 aromatic carbocycles. The fourth-order valence-corrected chi connectivity index (χ4v) is 2.83. The summed E-state index contributed by atoms with van der Waals surface area (Å²) in [5.74, 6) is 0.00928. The van der Waals surface area contributed by atoms with Crippen molar-refractivity contribution in [1.82, 2.24) is 5.32 Å². The summed E-state index contributed by atoms with van der Waals surface area (Å²) in [6.45, 7) is 12.9. The van der Waals surface area contributed by atoms with Gasteiger partial charge in [0.15, 0.2) is 5.78 Å². The van der Waals surface area contributed by atoms with Gasteiger partial charge in [0.2, 0.25) is 5.70 Å². The summed E-state index contributed by atoms with van der Waals surface area (Å²) in [4.78, 5) is 15.3. The normalized spacial score (nSPS) is 33.9. The van der Waals surface area contributed by atoms with Crippen molar-refractivity contribution in [3.63, 3.8) is 0 Å². The van der Waals surface area contributed by atoms with Crippen molar-refractivity contribution in [1.29, 1.82) is 0 Å². The molecule has 0 bridgehead atoms. The van der Waals surface area contributed by atoms with E-state index in [4.69, 9.17) is 6.57 Å². The zero-order valence-electron chi connectivity index (χ0n) is 9.26. The van der Waals surface area contributed by atoms with Crippen LogP contribution < -0.4 is 5.32 Å². The van der Waals surface area contributed by atoms with Crippen LogP contribution in [-0.2, 0) is 4.79 Å². The van der Waals surface area contributed by atoms with Crippen molar-refractivity contribution in [3.05, 3.63) is 23.2 Å². The molecular formula is C12H16N2O. The molecule has 2 aliphatic rings. The molecule has 1 spiro atoms. The SMILES string of the molecule is [C-]#[N+]C1=CC2(CCNC2)CC(C)(C)C1=O. The number of rotatable bonds is 0. The molecular weight excluding hydrogens is 188 g/mol. The van der Waals surface area contributed by atoms with Gasteiger partial charge in [-0.05, 0) is 24.8 Å². The average molecular weight is 204 g/mol. The Labute approximate surface area is 90.4 Å². The third-order valence-corrected chi connectivity index (χ3v) is 3.48. The lowest BCUT2D eigenvalue weighted by Gasteiger charge is -2.38. The second-order valence-corrected chi connectivity index (χ2v) is 5.32. The molecule has 1 aliphatic carbocycles. The Bertz CT molecular complexity index is 368. The third-order valence-electron chi connectivity index (χ3n) is 3.48. The predicted octanol–water partition coefficient (Wildman–Crippen LogP) is 1.77. The summed E-state index contributed by atoms with van der Waals surface area (Å²) >= 11 is 0. The van der Waals surface area contributed by atoms with Gasteiger partial charge in [-0.3, -0.25) is 0 Å². The average Bonchev–Trinajstić information content (AvgIpc) is 2.59. The molecule has 1 aliphatic heterocycles. The van der Waals surface area contributed by atoms with Crippen LogP contribution in [0, 0.1) is 17.4 Å². The van der Waals surface area contributed by atoms with Crippen LogP contribution >= 0.6 is 0 Å². The number of carbonyl (C=O) groups excluding carboxylic acids is 1. The fraction of sp³-hybridized carbons (Fsp3) is 0.667.